The zero-order valence-corrected chi connectivity index (χ0v) is 12.3. The van der Waals surface area contributed by atoms with Crippen molar-refractivity contribution >= 4 is 5.91 Å². The zero-order valence-electron chi connectivity index (χ0n) is 12.3. The van der Waals surface area contributed by atoms with E-state index in [4.69, 9.17) is 0 Å². The highest BCUT2D eigenvalue weighted by Crippen LogP contribution is 2.38. The quantitative estimate of drug-likeness (QED) is 0.824. The maximum absolute atomic E-state index is 12.5. The van der Waals surface area contributed by atoms with Gasteiger partial charge < -0.3 is 9.80 Å². The number of likely N-dealkylation sites (tertiary alicyclic amines) is 2. The number of nitrogens with zero attached hydrogens (tertiary/aromatic N) is 2. The Morgan fingerprint density at radius 2 is 1.95 bits per heavy atom. The molecule has 0 bridgehead atoms. The van der Waals surface area contributed by atoms with Gasteiger partial charge in [-0.2, -0.15) is 0 Å². The normalized spacial score (nSPS) is 27.1. The topological polar surface area (TPSA) is 23.6 Å². The summed E-state index contributed by atoms with van der Waals surface area (Å²) < 4.78 is 0. The first kappa shape index (κ1) is 13.6. The fourth-order valence-electron chi connectivity index (χ4n) is 3.79. The summed E-state index contributed by atoms with van der Waals surface area (Å²) in [6, 6.07) is 10.1. The van der Waals surface area contributed by atoms with E-state index in [0.717, 1.165) is 31.6 Å². The van der Waals surface area contributed by atoms with E-state index in [1.54, 1.807) is 0 Å². The summed E-state index contributed by atoms with van der Waals surface area (Å²) in [5.41, 5.74) is 1.50. The van der Waals surface area contributed by atoms with Crippen LogP contribution >= 0.6 is 0 Å². The van der Waals surface area contributed by atoms with Crippen LogP contribution in [0.3, 0.4) is 0 Å². The molecule has 1 aromatic carbocycles. The highest BCUT2D eigenvalue weighted by Gasteiger charge is 2.41. The van der Waals surface area contributed by atoms with Gasteiger partial charge in [0.25, 0.3) is 0 Å². The van der Waals surface area contributed by atoms with E-state index < -0.39 is 0 Å². The lowest BCUT2D eigenvalue weighted by Crippen LogP contribution is -2.47. The largest absolute Gasteiger partial charge is 0.342 e. The van der Waals surface area contributed by atoms with Crippen LogP contribution in [0.1, 0.15) is 24.8 Å². The molecule has 0 N–H and O–H groups in total. The second-order valence-corrected chi connectivity index (χ2v) is 6.57. The summed E-state index contributed by atoms with van der Waals surface area (Å²) >= 11 is 0. The van der Waals surface area contributed by atoms with Crippen LogP contribution in [0.15, 0.2) is 30.3 Å². The number of amides is 1. The summed E-state index contributed by atoms with van der Waals surface area (Å²) in [6.07, 6.45) is 4.24. The molecule has 108 valence electrons. The number of hydrogen-bond donors (Lipinski definition) is 0. The van der Waals surface area contributed by atoms with E-state index in [1.807, 2.05) is 30.3 Å². The van der Waals surface area contributed by atoms with Gasteiger partial charge in [-0.15, -0.1) is 0 Å². The first-order valence-corrected chi connectivity index (χ1v) is 7.67. The Morgan fingerprint density at radius 3 is 2.65 bits per heavy atom. The van der Waals surface area contributed by atoms with Crippen molar-refractivity contribution in [3.8, 4) is 0 Å². The average molecular weight is 272 g/mol. The minimum atomic E-state index is 0.296. The molecule has 1 spiro atoms. The number of hydrogen-bond acceptors (Lipinski definition) is 2. The molecule has 1 atom stereocenters. The molecule has 0 aliphatic carbocycles. The Hall–Kier alpha value is -1.35. The lowest BCUT2D eigenvalue weighted by atomic mass is 9.79. The standard InChI is InChI=1S/C17H24N2O/c1-18-11-9-17(13-18)8-5-10-19(14-17)16(20)12-15-6-3-2-4-7-15/h2-4,6-7H,5,8-14H2,1H3. The molecular weight excluding hydrogens is 248 g/mol. The molecule has 2 aliphatic rings. The Labute approximate surface area is 121 Å². The van der Waals surface area contributed by atoms with Gasteiger partial charge in [-0.1, -0.05) is 30.3 Å². The average Bonchev–Trinajstić information content (AvgIpc) is 2.80. The second-order valence-electron chi connectivity index (χ2n) is 6.57. The summed E-state index contributed by atoms with van der Waals surface area (Å²) in [5.74, 6) is 0.296. The lowest BCUT2D eigenvalue weighted by Gasteiger charge is -2.40. The summed E-state index contributed by atoms with van der Waals surface area (Å²) in [6.45, 7) is 4.24. The Kier molecular flexibility index (Phi) is 3.79. The number of rotatable bonds is 2. The van der Waals surface area contributed by atoms with Crippen molar-refractivity contribution in [1.29, 1.82) is 0 Å². The van der Waals surface area contributed by atoms with Crippen LogP contribution in [0.25, 0.3) is 0 Å². The van der Waals surface area contributed by atoms with E-state index in [9.17, 15) is 4.79 Å². The zero-order chi connectivity index (χ0) is 14.0. The summed E-state index contributed by atoms with van der Waals surface area (Å²) in [4.78, 5) is 17.0. The molecule has 1 aromatic rings. The molecule has 0 radical (unpaired) electrons. The molecular formula is C17H24N2O. The number of carbonyl (C=O) groups is 1. The maximum atomic E-state index is 12.5. The highest BCUT2D eigenvalue weighted by atomic mass is 16.2. The first-order valence-electron chi connectivity index (χ1n) is 7.67. The Bertz CT molecular complexity index is 469. The van der Waals surface area contributed by atoms with Gasteiger partial charge in [-0.05, 0) is 38.4 Å². The van der Waals surface area contributed by atoms with Gasteiger partial charge in [0.15, 0.2) is 0 Å². The first-order chi connectivity index (χ1) is 9.67. The SMILES string of the molecule is CN1CCC2(CCCN(C(=O)Cc3ccccc3)C2)C1. The Morgan fingerprint density at radius 1 is 1.15 bits per heavy atom. The molecule has 3 rings (SSSR count). The minimum absolute atomic E-state index is 0.296. The molecule has 2 heterocycles. The molecule has 20 heavy (non-hydrogen) atoms. The van der Waals surface area contributed by atoms with Gasteiger partial charge in [0.1, 0.15) is 0 Å². The van der Waals surface area contributed by atoms with Gasteiger partial charge in [0.05, 0.1) is 6.42 Å². The monoisotopic (exact) mass is 272 g/mol. The number of carbonyl (C=O) groups excluding carboxylic acids is 1. The van der Waals surface area contributed by atoms with E-state index in [0.29, 0.717) is 17.7 Å². The van der Waals surface area contributed by atoms with Crippen molar-refractivity contribution in [3.63, 3.8) is 0 Å². The van der Waals surface area contributed by atoms with Crippen molar-refractivity contribution in [3.05, 3.63) is 35.9 Å². The second kappa shape index (κ2) is 5.57. The third-order valence-corrected chi connectivity index (χ3v) is 4.84. The molecule has 2 fully saturated rings. The van der Waals surface area contributed by atoms with Crippen molar-refractivity contribution in [2.45, 2.75) is 25.7 Å². The van der Waals surface area contributed by atoms with Crippen LogP contribution in [0.2, 0.25) is 0 Å². The highest BCUT2D eigenvalue weighted by molar-refractivity contribution is 5.78. The Balaban J connectivity index is 1.63. The van der Waals surface area contributed by atoms with Crippen LogP contribution in [-0.2, 0) is 11.2 Å². The van der Waals surface area contributed by atoms with Gasteiger partial charge in [-0.3, -0.25) is 4.79 Å². The summed E-state index contributed by atoms with van der Waals surface area (Å²) in [5, 5.41) is 0. The van der Waals surface area contributed by atoms with Gasteiger partial charge in [-0.25, -0.2) is 0 Å². The predicted octanol–water partition coefficient (Wildman–Crippen LogP) is 2.17. The summed E-state index contributed by atoms with van der Waals surface area (Å²) in [7, 11) is 2.19. The van der Waals surface area contributed by atoms with Gasteiger partial charge in [0.2, 0.25) is 5.91 Å². The third-order valence-electron chi connectivity index (χ3n) is 4.84. The fraction of sp³-hybridized carbons (Fsp3) is 0.588. The lowest BCUT2D eigenvalue weighted by molar-refractivity contribution is -0.133. The van der Waals surface area contributed by atoms with Gasteiger partial charge in [0, 0.05) is 25.0 Å². The molecule has 3 heteroatoms. The molecule has 2 aliphatic heterocycles. The van der Waals surface area contributed by atoms with E-state index in [-0.39, 0.29) is 0 Å². The fourth-order valence-corrected chi connectivity index (χ4v) is 3.79. The third kappa shape index (κ3) is 2.88. The molecule has 1 unspecified atom stereocenters. The van der Waals surface area contributed by atoms with Crippen LogP contribution in [0, 0.1) is 5.41 Å². The molecule has 0 aromatic heterocycles. The maximum Gasteiger partial charge on any atom is 0.227 e. The van der Waals surface area contributed by atoms with Crippen LogP contribution < -0.4 is 0 Å². The smallest absolute Gasteiger partial charge is 0.227 e. The molecule has 1 amide bonds. The van der Waals surface area contributed by atoms with E-state index >= 15 is 0 Å². The predicted molar refractivity (Wildman–Crippen MR) is 80.5 cm³/mol. The van der Waals surface area contributed by atoms with Crippen molar-refractivity contribution in [2.75, 3.05) is 33.2 Å². The van der Waals surface area contributed by atoms with Gasteiger partial charge >= 0.3 is 0 Å². The molecule has 0 saturated carbocycles. The van der Waals surface area contributed by atoms with Crippen LogP contribution in [0.5, 0.6) is 0 Å². The number of piperidine rings is 1. The number of benzene rings is 1. The van der Waals surface area contributed by atoms with Crippen molar-refractivity contribution < 1.29 is 4.79 Å². The molecule has 3 nitrogen and oxygen atoms in total. The van der Waals surface area contributed by atoms with Crippen molar-refractivity contribution in [1.82, 2.24) is 9.80 Å². The van der Waals surface area contributed by atoms with Crippen LogP contribution in [0.4, 0.5) is 0 Å². The van der Waals surface area contributed by atoms with Crippen LogP contribution in [-0.4, -0.2) is 48.9 Å². The van der Waals surface area contributed by atoms with E-state index in [1.165, 1.54) is 19.4 Å². The minimum Gasteiger partial charge on any atom is -0.342 e. The van der Waals surface area contributed by atoms with E-state index in [2.05, 4.69) is 16.8 Å². The molecule has 2 saturated heterocycles. The van der Waals surface area contributed by atoms with Crippen molar-refractivity contribution in [2.24, 2.45) is 5.41 Å².